The molecule has 0 aromatic carbocycles. The van der Waals surface area contributed by atoms with E-state index in [9.17, 15) is 13.2 Å². The van der Waals surface area contributed by atoms with Crippen LogP contribution in [0.1, 0.15) is 12.8 Å². The second-order valence-electron chi connectivity index (χ2n) is 2.61. The number of aliphatic hydroxyl groups is 1. The van der Waals surface area contributed by atoms with Crippen molar-refractivity contribution in [3.63, 3.8) is 0 Å². The van der Waals surface area contributed by atoms with Crippen molar-refractivity contribution in [3.8, 4) is 0 Å². The van der Waals surface area contributed by atoms with Crippen LogP contribution in [0.2, 0.25) is 0 Å². The van der Waals surface area contributed by atoms with Gasteiger partial charge in [-0.05, 0) is 12.8 Å². The molecule has 0 fully saturated rings. The lowest BCUT2D eigenvalue weighted by molar-refractivity contribution is -0.193. The summed E-state index contributed by atoms with van der Waals surface area (Å²) >= 11 is 0. The van der Waals surface area contributed by atoms with Crippen LogP contribution in [0.5, 0.6) is 0 Å². The van der Waals surface area contributed by atoms with Crippen molar-refractivity contribution in [3.05, 3.63) is 11.8 Å². The monoisotopic (exact) mass is 182 g/mol. The summed E-state index contributed by atoms with van der Waals surface area (Å²) in [6, 6.07) is 0. The molecule has 1 aliphatic heterocycles. The van der Waals surface area contributed by atoms with Gasteiger partial charge in [0.1, 0.15) is 0 Å². The van der Waals surface area contributed by atoms with Gasteiger partial charge < -0.3 is 9.84 Å². The Hall–Kier alpha value is -0.710. The second kappa shape index (κ2) is 3.35. The van der Waals surface area contributed by atoms with Crippen LogP contribution < -0.4 is 0 Å². The zero-order valence-electron chi connectivity index (χ0n) is 6.27. The molecule has 1 N–H and O–H groups in total. The summed E-state index contributed by atoms with van der Waals surface area (Å²) in [6.45, 7) is 0.425. The number of aliphatic hydroxyl groups excluding tert-OH is 1. The molecule has 0 radical (unpaired) electrons. The van der Waals surface area contributed by atoms with Crippen LogP contribution in [0.4, 0.5) is 13.2 Å². The Labute approximate surface area is 67.6 Å². The fraction of sp³-hybridized carbons (Fsp3) is 0.714. The molecule has 0 aliphatic carbocycles. The van der Waals surface area contributed by atoms with Crippen molar-refractivity contribution in [1.29, 1.82) is 0 Å². The maximum atomic E-state index is 11.9. The zero-order chi connectivity index (χ0) is 9.19. The molecule has 1 atom stereocenters. The highest BCUT2D eigenvalue weighted by atomic mass is 19.4. The minimum atomic E-state index is -4.58. The van der Waals surface area contributed by atoms with Crippen LogP contribution in [-0.4, -0.2) is 24.0 Å². The predicted octanol–water partition coefficient (Wildman–Crippen LogP) is 1.60. The number of hydrogen-bond acceptors (Lipinski definition) is 2. The zero-order valence-corrected chi connectivity index (χ0v) is 6.27. The first-order valence-corrected chi connectivity index (χ1v) is 3.57. The topological polar surface area (TPSA) is 29.5 Å². The summed E-state index contributed by atoms with van der Waals surface area (Å²) in [5.41, 5.74) is -0.0891. The van der Waals surface area contributed by atoms with E-state index in [4.69, 9.17) is 5.11 Å². The van der Waals surface area contributed by atoms with Gasteiger partial charge in [0.05, 0.1) is 12.9 Å². The van der Waals surface area contributed by atoms with Crippen LogP contribution in [0.25, 0.3) is 0 Å². The molecular formula is C7H9F3O2. The highest BCUT2D eigenvalue weighted by Crippen LogP contribution is 2.28. The lowest BCUT2D eigenvalue weighted by Crippen LogP contribution is -2.31. The second-order valence-corrected chi connectivity index (χ2v) is 2.61. The van der Waals surface area contributed by atoms with Gasteiger partial charge in [-0.25, -0.2) is 0 Å². The van der Waals surface area contributed by atoms with Crippen LogP contribution in [-0.2, 0) is 4.74 Å². The van der Waals surface area contributed by atoms with E-state index in [1.165, 1.54) is 0 Å². The highest BCUT2D eigenvalue weighted by Gasteiger charge is 2.40. The van der Waals surface area contributed by atoms with Gasteiger partial charge in [0, 0.05) is 5.57 Å². The number of hydrogen-bond donors (Lipinski definition) is 1. The Kier molecular flexibility index (Phi) is 2.62. The molecule has 0 amide bonds. The predicted molar refractivity (Wildman–Crippen MR) is 35.3 cm³/mol. The average Bonchev–Trinajstić information content (AvgIpc) is 2.03. The van der Waals surface area contributed by atoms with Gasteiger partial charge in [0.2, 0.25) is 0 Å². The van der Waals surface area contributed by atoms with E-state index in [0.717, 1.165) is 6.26 Å². The first kappa shape index (κ1) is 9.38. The fourth-order valence-corrected chi connectivity index (χ4v) is 0.996. The lowest BCUT2D eigenvalue weighted by Gasteiger charge is -2.20. The third-order valence-electron chi connectivity index (χ3n) is 1.62. The molecule has 2 nitrogen and oxygen atoms in total. The molecule has 1 rings (SSSR count). The maximum absolute atomic E-state index is 11.9. The van der Waals surface area contributed by atoms with Gasteiger partial charge in [-0.2, -0.15) is 13.2 Å². The molecular weight excluding hydrogens is 173 g/mol. The molecule has 1 aliphatic rings. The van der Waals surface area contributed by atoms with E-state index in [0.29, 0.717) is 13.0 Å². The minimum absolute atomic E-state index is 0.0891. The van der Waals surface area contributed by atoms with Gasteiger partial charge in [0.15, 0.2) is 6.10 Å². The summed E-state index contributed by atoms with van der Waals surface area (Å²) in [6.07, 6.45) is -5.16. The molecule has 12 heavy (non-hydrogen) atoms. The molecule has 0 bridgehead atoms. The molecule has 5 heteroatoms. The molecule has 0 aromatic heterocycles. The number of rotatable bonds is 1. The third kappa shape index (κ3) is 2.14. The molecule has 70 valence electrons. The van der Waals surface area contributed by atoms with Crippen molar-refractivity contribution < 1.29 is 23.0 Å². The van der Waals surface area contributed by atoms with E-state index in [1.54, 1.807) is 0 Å². The summed E-state index contributed by atoms with van der Waals surface area (Å²) in [4.78, 5) is 0. The Balaban J connectivity index is 2.62. The number of alkyl halides is 3. The van der Waals surface area contributed by atoms with E-state index in [2.05, 4.69) is 4.74 Å². The quantitative estimate of drug-likeness (QED) is 0.667. The molecule has 0 saturated heterocycles. The maximum Gasteiger partial charge on any atom is 0.418 e. The summed E-state index contributed by atoms with van der Waals surface area (Å²) in [5, 5.41) is 8.74. The lowest BCUT2D eigenvalue weighted by atomic mass is 10.0. The summed E-state index contributed by atoms with van der Waals surface area (Å²) in [7, 11) is 0. The normalized spacial score (nSPS) is 21.2. The van der Waals surface area contributed by atoms with Crippen molar-refractivity contribution in [2.45, 2.75) is 25.1 Å². The summed E-state index contributed by atoms with van der Waals surface area (Å²) < 4.78 is 40.3. The van der Waals surface area contributed by atoms with E-state index in [-0.39, 0.29) is 12.0 Å². The van der Waals surface area contributed by atoms with Crippen molar-refractivity contribution in [2.75, 3.05) is 6.61 Å². The van der Waals surface area contributed by atoms with Crippen LogP contribution >= 0.6 is 0 Å². The molecule has 0 spiro atoms. The molecule has 0 saturated carbocycles. The highest BCUT2D eigenvalue weighted by molar-refractivity contribution is 5.09. The Morgan fingerprint density at radius 2 is 2.17 bits per heavy atom. The smallest absolute Gasteiger partial charge is 0.418 e. The van der Waals surface area contributed by atoms with E-state index in [1.807, 2.05) is 0 Å². The molecule has 0 unspecified atom stereocenters. The van der Waals surface area contributed by atoms with Gasteiger partial charge in [0.25, 0.3) is 0 Å². The standard InChI is InChI=1S/C7H9F3O2/c8-7(9,10)6(11)5-2-1-3-12-4-5/h4,6,11H,1-3H2/t6-/m0/s1. The van der Waals surface area contributed by atoms with Crippen LogP contribution in [0.3, 0.4) is 0 Å². The van der Waals surface area contributed by atoms with Crippen molar-refractivity contribution in [1.82, 2.24) is 0 Å². The van der Waals surface area contributed by atoms with Gasteiger partial charge >= 0.3 is 6.18 Å². The average molecular weight is 182 g/mol. The van der Waals surface area contributed by atoms with Gasteiger partial charge in [-0.3, -0.25) is 0 Å². The van der Waals surface area contributed by atoms with Crippen LogP contribution in [0, 0.1) is 0 Å². The van der Waals surface area contributed by atoms with Gasteiger partial charge in [-0.1, -0.05) is 0 Å². The Morgan fingerprint density at radius 3 is 2.58 bits per heavy atom. The van der Waals surface area contributed by atoms with Crippen molar-refractivity contribution >= 4 is 0 Å². The largest absolute Gasteiger partial charge is 0.501 e. The first-order valence-electron chi connectivity index (χ1n) is 3.57. The van der Waals surface area contributed by atoms with Gasteiger partial charge in [-0.15, -0.1) is 0 Å². The van der Waals surface area contributed by atoms with Crippen molar-refractivity contribution in [2.24, 2.45) is 0 Å². The number of halogens is 3. The first-order chi connectivity index (χ1) is 5.52. The Morgan fingerprint density at radius 1 is 1.50 bits per heavy atom. The number of ether oxygens (including phenoxy) is 1. The van der Waals surface area contributed by atoms with E-state index >= 15 is 0 Å². The summed E-state index contributed by atoms with van der Waals surface area (Å²) in [5.74, 6) is 0. The Bertz CT molecular complexity index is 186. The fourth-order valence-electron chi connectivity index (χ4n) is 0.996. The molecule has 1 heterocycles. The van der Waals surface area contributed by atoms with Crippen LogP contribution in [0.15, 0.2) is 11.8 Å². The SMILES string of the molecule is O[C@@H](C1=COCCC1)C(F)(F)F. The third-order valence-corrected chi connectivity index (χ3v) is 1.62. The minimum Gasteiger partial charge on any atom is -0.501 e. The van der Waals surface area contributed by atoms with E-state index < -0.39 is 12.3 Å². The molecule has 0 aromatic rings.